The van der Waals surface area contributed by atoms with Gasteiger partial charge in [0.15, 0.2) is 0 Å². The average molecular weight is 953 g/mol. The van der Waals surface area contributed by atoms with E-state index in [-0.39, 0.29) is 69.7 Å². The summed E-state index contributed by atoms with van der Waals surface area (Å²) in [5.41, 5.74) is 25.4. The number of carbonyl (C=O) groups excluding carboxylic acids is 4. The Morgan fingerprint density at radius 2 is 1.09 bits per heavy atom. The van der Waals surface area contributed by atoms with Crippen molar-refractivity contribution in [3.8, 4) is 17.4 Å². The maximum atomic E-state index is 12.4. The molecule has 2 fully saturated rings. The number of ether oxygens (including phenoxy) is 1. The maximum absolute atomic E-state index is 12.4. The van der Waals surface area contributed by atoms with Gasteiger partial charge < -0.3 is 54.3 Å². The van der Waals surface area contributed by atoms with Crippen molar-refractivity contribution in [3.05, 3.63) is 108 Å². The summed E-state index contributed by atoms with van der Waals surface area (Å²) < 4.78 is 5.43. The number of hydrogen-bond donors (Lipinski definition) is 9. The second kappa shape index (κ2) is 22.0. The highest BCUT2D eigenvalue weighted by Gasteiger charge is 2.30. The highest BCUT2D eigenvalue weighted by atomic mass is 16.6. The van der Waals surface area contributed by atoms with Crippen molar-refractivity contribution in [3.63, 3.8) is 0 Å². The van der Waals surface area contributed by atoms with Crippen LogP contribution in [0, 0.1) is 11.3 Å². The minimum Gasteiger partial charge on any atom is -0.444 e. The van der Waals surface area contributed by atoms with Crippen molar-refractivity contribution in [2.45, 2.75) is 102 Å². The standard InChI is InChI=1S/C26H31N9O3.C21H25N9O2/c1-26(2,3)38-25(37)33-21-10-5-4-9-20(21)32-23-16(15-27)13-19(22(28)36)24(34-23)31-17-7-6-8-18(14-17)35-29-11-12-30-35;22-16-6-1-2-7-17(16)28-21-15(19(24)32)11-14(18(23)31)20(29-21)27-12-4-3-5-13(10-12)30-25-8-9-26-30/h6-8,11-14,20-21H,4-5,9-10H2,1-3H3,(H2,28,36)(H,33,37)(H2,31,32,34);3-5,8-11,16-17H,1-2,6-7,22H2,(H2,23,31)(H2,24,32)(H2,27,28,29)/t20-,21+;16-,17+/m10/s1. The highest BCUT2D eigenvalue weighted by molar-refractivity contribution is 6.04. The zero-order chi connectivity index (χ0) is 50.0. The largest absolute Gasteiger partial charge is 0.444 e. The molecule has 2 aromatic carbocycles. The smallest absolute Gasteiger partial charge is 0.407 e. The van der Waals surface area contributed by atoms with Crippen molar-refractivity contribution in [2.75, 3.05) is 21.3 Å². The first-order valence-corrected chi connectivity index (χ1v) is 22.7. The molecular weight excluding hydrogens is 897 g/mol. The second-order valence-electron chi connectivity index (χ2n) is 17.7. The van der Waals surface area contributed by atoms with Gasteiger partial charge in [0.2, 0.25) is 0 Å². The zero-order valence-corrected chi connectivity index (χ0v) is 38.9. The molecule has 0 spiro atoms. The Bertz CT molecular complexity index is 2860. The van der Waals surface area contributed by atoms with Crippen LogP contribution >= 0.6 is 0 Å². The van der Waals surface area contributed by atoms with Gasteiger partial charge in [-0.3, -0.25) is 14.4 Å². The van der Waals surface area contributed by atoms with E-state index >= 15 is 0 Å². The van der Waals surface area contributed by atoms with Crippen LogP contribution in [0.5, 0.6) is 0 Å². The molecule has 0 saturated heterocycles. The first-order valence-electron chi connectivity index (χ1n) is 22.7. The molecular formula is C47H56N18O5. The van der Waals surface area contributed by atoms with Crippen molar-refractivity contribution in [1.29, 1.82) is 5.26 Å². The van der Waals surface area contributed by atoms with Gasteiger partial charge in [-0.1, -0.05) is 37.8 Å². The van der Waals surface area contributed by atoms with Crippen LogP contribution in [-0.4, -0.2) is 93.5 Å². The molecule has 364 valence electrons. The lowest BCUT2D eigenvalue weighted by atomic mass is 9.90. The Kier molecular flexibility index (Phi) is 15.5. The summed E-state index contributed by atoms with van der Waals surface area (Å²) in [6.07, 6.45) is 13.0. The topological polar surface area (TPSA) is 353 Å². The number of pyridine rings is 2. The summed E-state index contributed by atoms with van der Waals surface area (Å²) in [5, 5.41) is 42.1. The van der Waals surface area contributed by atoms with Crippen molar-refractivity contribution in [2.24, 2.45) is 22.9 Å². The third kappa shape index (κ3) is 12.7. The van der Waals surface area contributed by atoms with E-state index < -0.39 is 29.4 Å². The number of nitrogens with two attached hydrogens (primary N) is 4. The third-order valence-corrected chi connectivity index (χ3v) is 11.4. The molecule has 2 aliphatic rings. The van der Waals surface area contributed by atoms with Crippen LogP contribution in [0.25, 0.3) is 11.4 Å². The number of hydrogen-bond acceptors (Lipinski definition) is 17. The summed E-state index contributed by atoms with van der Waals surface area (Å²) in [6, 6.07) is 18.8. The van der Waals surface area contributed by atoms with Gasteiger partial charge in [0.25, 0.3) is 17.7 Å². The van der Waals surface area contributed by atoms with Crippen LogP contribution in [-0.2, 0) is 4.74 Å². The molecule has 0 unspecified atom stereocenters. The molecule has 2 saturated carbocycles. The highest BCUT2D eigenvalue weighted by Crippen LogP contribution is 2.30. The van der Waals surface area contributed by atoms with E-state index in [4.69, 9.17) is 27.7 Å². The molecule has 8 rings (SSSR count). The molecule has 6 aromatic rings. The van der Waals surface area contributed by atoms with Crippen LogP contribution in [0.3, 0.4) is 0 Å². The maximum Gasteiger partial charge on any atom is 0.407 e. The number of anilines is 6. The fraction of sp³-hybridized carbons (Fsp3) is 0.340. The Balaban J connectivity index is 0.000000209. The Labute approximate surface area is 403 Å². The van der Waals surface area contributed by atoms with Gasteiger partial charge in [0.1, 0.15) is 34.9 Å². The van der Waals surface area contributed by atoms with Gasteiger partial charge in [-0.05, 0) is 95.0 Å². The molecule has 2 aliphatic carbocycles. The Hall–Kier alpha value is -8.65. The average Bonchev–Trinajstić information content (AvgIpc) is 4.07. The molecule has 23 heteroatoms. The normalized spacial score (nSPS) is 17.6. The van der Waals surface area contributed by atoms with E-state index in [2.05, 4.69) is 63.0 Å². The third-order valence-electron chi connectivity index (χ3n) is 11.4. The van der Waals surface area contributed by atoms with Crippen molar-refractivity contribution in [1.82, 2.24) is 45.3 Å². The summed E-state index contributed by atoms with van der Waals surface area (Å²) in [5.74, 6) is -1.25. The van der Waals surface area contributed by atoms with E-state index in [9.17, 15) is 24.4 Å². The van der Waals surface area contributed by atoms with Gasteiger partial charge in [0, 0.05) is 29.5 Å². The van der Waals surface area contributed by atoms with Crippen LogP contribution in [0.15, 0.2) is 85.5 Å². The van der Waals surface area contributed by atoms with Crippen molar-refractivity contribution >= 4 is 58.5 Å². The van der Waals surface area contributed by atoms with Crippen LogP contribution < -0.4 is 49.5 Å². The molecule has 0 aliphatic heterocycles. The number of nitrogens with one attached hydrogen (secondary N) is 5. The number of primary amides is 3. The zero-order valence-electron chi connectivity index (χ0n) is 38.9. The van der Waals surface area contributed by atoms with Crippen LogP contribution in [0.1, 0.15) is 109 Å². The molecule has 4 atom stereocenters. The number of nitrogens with zero attached hydrogens (tertiary/aromatic N) is 9. The van der Waals surface area contributed by atoms with E-state index in [0.29, 0.717) is 22.7 Å². The lowest BCUT2D eigenvalue weighted by Crippen LogP contribution is -2.50. The van der Waals surface area contributed by atoms with Crippen LogP contribution in [0.4, 0.5) is 39.4 Å². The molecule has 70 heavy (non-hydrogen) atoms. The van der Waals surface area contributed by atoms with E-state index in [1.165, 1.54) is 21.7 Å². The minimum atomic E-state index is -0.742. The molecule has 4 heterocycles. The fourth-order valence-electron chi connectivity index (χ4n) is 8.10. The molecule has 23 nitrogen and oxygen atoms in total. The molecule has 0 bridgehead atoms. The summed E-state index contributed by atoms with van der Waals surface area (Å²) in [7, 11) is 0. The number of alkyl carbamates (subject to hydrolysis) is 1. The van der Waals surface area contributed by atoms with E-state index in [1.807, 2.05) is 45.0 Å². The molecule has 0 radical (unpaired) electrons. The number of aromatic nitrogens is 8. The molecule has 4 aromatic heterocycles. The Morgan fingerprint density at radius 3 is 1.59 bits per heavy atom. The quantitative estimate of drug-likeness (QED) is 0.0700. The van der Waals surface area contributed by atoms with Crippen LogP contribution in [0.2, 0.25) is 0 Å². The second-order valence-corrected chi connectivity index (χ2v) is 17.7. The molecule has 13 N–H and O–H groups in total. The lowest BCUT2D eigenvalue weighted by molar-refractivity contribution is 0.0488. The Morgan fingerprint density at radius 1 is 0.629 bits per heavy atom. The predicted molar refractivity (Wildman–Crippen MR) is 261 cm³/mol. The van der Waals surface area contributed by atoms with Crippen molar-refractivity contribution < 1.29 is 23.9 Å². The molecule has 4 amide bonds. The summed E-state index contributed by atoms with van der Waals surface area (Å²) in [6.45, 7) is 5.42. The first-order chi connectivity index (χ1) is 33.5. The summed E-state index contributed by atoms with van der Waals surface area (Å²) in [4.78, 5) is 60.9. The van der Waals surface area contributed by atoms with E-state index in [1.54, 1.807) is 49.1 Å². The number of nitriles is 1. The first kappa shape index (κ1) is 49.3. The van der Waals surface area contributed by atoms with Gasteiger partial charge in [-0.15, -0.1) is 0 Å². The van der Waals surface area contributed by atoms with E-state index in [0.717, 1.165) is 51.4 Å². The number of amides is 4. The number of rotatable bonds is 14. The van der Waals surface area contributed by atoms with Gasteiger partial charge in [0.05, 0.1) is 64.5 Å². The fourth-order valence-corrected chi connectivity index (χ4v) is 8.10. The monoisotopic (exact) mass is 952 g/mol. The summed E-state index contributed by atoms with van der Waals surface area (Å²) >= 11 is 0. The van der Waals surface area contributed by atoms with Gasteiger partial charge in [-0.25, -0.2) is 14.8 Å². The van der Waals surface area contributed by atoms with Gasteiger partial charge in [-0.2, -0.15) is 35.2 Å². The number of carbonyl (C=O) groups is 4. The predicted octanol–water partition coefficient (Wildman–Crippen LogP) is 4.91. The minimum absolute atomic E-state index is 0.0416. The lowest BCUT2D eigenvalue weighted by Gasteiger charge is -2.34. The SMILES string of the molecule is CC(C)(C)OC(=O)N[C@H]1CCCC[C@H]1Nc1nc(Nc2cccc(-n3nccn3)c2)c(C(N)=O)cc1C#N.NC(=O)c1cc(C(N)=O)c(N[C@@H]2CCCC[C@@H]2N)nc1Nc1cccc(-n2nccn2)c1. The number of benzene rings is 2. The van der Waals surface area contributed by atoms with Gasteiger partial charge >= 0.3 is 6.09 Å².